The summed E-state index contributed by atoms with van der Waals surface area (Å²) in [6, 6.07) is 6.60. The zero-order chi connectivity index (χ0) is 20.3. The number of carbonyl (C=O) groups is 2. The Morgan fingerprint density at radius 3 is 2.68 bits per heavy atom. The molecule has 1 aliphatic heterocycles. The summed E-state index contributed by atoms with van der Waals surface area (Å²) in [5.41, 5.74) is 2.01. The smallest absolute Gasteiger partial charge is 0.337 e. The highest BCUT2D eigenvalue weighted by atomic mass is 16.5. The molecule has 3 rings (SSSR count). The minimum atomic E-state index is -0.474. The molecule has 1 unspecified atom stereocenters. The third kappa shape index (κ3) is 4.14. The third-order valence-corrected chi connectivity index (χ3v) is 4.92. The molecule has 1 aromatic heterocycles. The second-order valence-corrected chi connectivity index (χ2v) is 6.94. The molecule has 1 amide bonds. The van der Waals surface area contributed by atoms with E-state index in [0.29, 0.717) is 35.5 Å². The number of ether oxygens (including phenoxy) is 2. The summed E-state index contributed by atoms with van der Waals surface area (Å²) in [6.07, 6.45) is 3.60. The second-order valence-electron chi connectivity index (χ2n) is 6.94. The van der Waals surface area contributed by atoms with Crippen LogP contribution in [-0.4, -0.2) is 36.3 Å². The van der Waals surface area contributed by atoms with Gasteiger partial charge in [-0.3, -0.25) is 9.59 Å². The largest absolute Gasteiger partial charge is 0.465 e. The van der Waals surface area contributed by atoms with E-state index in [-0.39, 0.29) is 17.2 Å². The summed E-state index contributed by atoms with van der Waals surface area (Å²) in [6.45, 7) is 4.65. The van der Waals surface area contributed by atoms with Crippen LogP contribution in [0, 0.1) is 13.8 Å². The Morgan fingerprint density at radius 2 is 2.04 bits per heavy atom. The first-order valence-corrected chi connectivity index (χ1v) is 9.22. The van der Waals surface area contributed by atoms with Crippen molar-refractivity contribution in [3.8, 4) is 0 Å². The molecule has 1 aromatic carbocycles. The molecule has 7 nitrogen and oxygen atoms in total. The maximum absolute atomic E-state index is 12.9. The van der Waals surface area contributed by atoms with Crippen LogP contribution in [0.25, 0.3) is 0 Å². The van der Waals surface area contributed by atoms with Gasteiger partial charge in [0.25, 0.3) is 11.5 Å². The first-order chi connectivity index (χ1) is 13.4. The van der Waals surface area contributed by atoms with Gasteiger partial charge in [-0.15, -0.1) is 0 Å². The molecule has 2 aromatic rings. The minimum Gasteiger partial charge on any atom is -0.465 e. The Labute approximate surface area is 163 Å². The van der Waals surface area contributed by atoms with Gasteiger partial charge in [-0.25, -0.2) is 4.79 Å². The van der Waals surface area contributed by atoms with Crippen LogP contribution in [0.2, 0.25) is 0 Å². The summed E-state index contributed by atoms with van der Waals surface area (Å²) < 4.78 is 11.8. The number of carbonyl (C=O) groups excluding carboxylic acids is 2. The monoisotopic (exact) mass is 384 g/mol. The average Bonchev–Trinajstić information content (AvgIpc) is 3.18. The number of nitrogens with zero attached hydrogens (tertiary/aromatic N) is 1. The first kappa shape index (κ1) is 19.8. The van der Waals surface area contributed by atoms with Crippen molar-refractivity contribution in [3.05, 3.63) is 63.1 Å². The predicted octanol–water partition coefficient (Wildman–Crippen LogP) is 2.68. The van der Waals surface area contributed by atoms with Crippen molar-refractivity contribution in [2.24, 2.45) is 0 Å². The highest BCUT2D eigenvalue weighted by Crippen LogP contribution is 2.19. The maximum atomic E-state index is 12.9. The van der Waals surface area contributed by atoms with E-state index >= 15 is 0 Å². The fourth-order valence-corrected chi connectivity index (χ4v) is 3.33. The van der Waals surface area contributed by atoms with Crippen molar-refractivity contribution >= 4 is 17.6 Å². The van der Waals surface area contributed by atoms with Crippen LogP contribution in [0.1, 0.15) is 44.7 Å². The van der Waals surface area contributed by atoms with Crippen LogP contribution in [0.3, 0.4) is 0 Å². The van der Waals surface area contributed by atoms with Gasteiger partial charge < -0.3 is 19.4 Å². The summed E-state index contributed by atoms with van der Waals surface area (Å²) in [7, 11) is 1.31. The quantitative estimate of drug-likeness (QED) is 0.801. The van der Waals surface area contributed by atoms with Crippen molar-refractivity contribution in [1.29, 1.82) is 0 Å². The first-order valence-electron chi connectivity index (χ1n) is 9.22. The Kier molecular flexibility index (Phi) is 5.94. The number of nitrogens with one attached hydrogen (secondary N) is 1. The summed E-state index contributed by atoms with van der Waals surface area (Å²) >= 11 is 0. The molecule has 0 aliphatic carbocycles. The molecule has 1 saturated heterocycles. The van der Waals surface area contributed by atoms with Gasteiger partial charge in [0, 0.05) is 18.5 Å². The molecule has 28 heavy (non-hydrogen) atoms. The van der Waals surface area contributed by atoms with E-state index in [0.717, 1.165) is 12.8 Å². The topological polar surface area (TPSA) is 86.6 Å². The highest BCUT2D eigenvalue weighted by molar-refractivity contribution is 6.05. The molecule has 0 bridgehead atoms. The van der Waals surface area contributed by atoms with Crippen molar-refractivity contribution in [3.63, 3.8) is 0 Å². The van der Waals surface area contributed by atoms with Gasteiger partial charge in [-0.2, -0.15) is 0 Å². The third-order valence-electron chi connectivity index (χ3n) is 4.92. The van der Waals surface area contributed by atoms with E-state index in [2.05, 4.69) is 5.32 Å². The normalized spacial score (nSPS) is 16.0. The molecule has 1 aliphatic rings. The van der Waals surface area contributed by atoms with E-state index in [1.54, 1.807) is 44.3 Å². The number of rotatable bonds is 5. The van der Waals surface area contributed by atoms with Gasteiger partial charge in [0.1, 0.15) is 5.56 Å². The molecule has 7 heteroatoms. The van der Waals surface area contributed by atoms with E-state index in [4.69, 9.17) is 9.47 Å². The standard InChI is InChI=1S/C21H24N2O5/c1-13-8-9-23(12-16-5-4-10-28-16)20(25)18(13)19(24)22-17-7-6-15(11-14(17)2)21(26)27-3/h6-9,11,16H,4-5,10,12H2,1-3H3,(H,22,24). The lowest BCUT2D eigenvalue weighted by Crippen LogP contribution is -2.33. The lowest BCUT2D eigenvalue weighted by atomic mass is 10.1. The maximum Gasteiger partial charge on any atom is 0.337 e. The van der Waals surface area contributed by atoms with Crippen molar-refractivity contribution in [2.75, 3.05) is 19.0 Å². The zero-order valence-corrected chi connectivity index (χ0v) is 16.3. The lowest BCUT2D eigenvalue weighted by molar-refractivity contribution is 0.0600. The lowest BCUT2D eigenvalue weighted by Gasteiger charge is -2.15. The number of amides is 1. The van der Waals surface area contributed by atoms with Crippen molar-refractivity contribution < 1.29 is 19.1 Å². The van der Waals surface area contributed by atoms with Crippen LogP contribution in [0.15, 0.2) is 35.3 Å². The number of hydrogen-bond donors (Lipinski definition) is 1. The van der Waals surface area contributed by atoms with E-state index < -0.39 is 11.9 Å². The molecule has 148 valence electrons. The number of methoxy groups -OCH3 is 1. The number of benzene rings is 1. The van der Waals surface area contributed by atoms with Gasteiger partial charge in [-0.05, 0) is 62.1 Å². The Balaban J connectivity index is 1.84. The summed E-state index contributed by atoms with van der Waals surface area (Å²) in [4.78, 5) is 37.3. The molecule has 0 saturated carbocycles. The predicted molar refractivity (Wildman–Crippen MR) is 105 cm³/mol. The Bertz CT molecular complexity index is 958. The summed E-state index contributed by atoms with van der Waals surface area (Å²) in [5.74, 6) is -0.921. The van der Waals surface area contributed by atoms with Gasteiger partial charge in [0.05, 0.1) is 25.3 Å². The SMILES string of the molecule is COC(=O)c1ccc(NC(=O)c2c(C)ccn(CC3CCCO3)c2=O)c(C)c1. The van der Waals surface area contributed by atoms with Gasteiger partial charge in [0.2, 0.25) is 0 Å². The highest BCUT2D eigenvalue weighted by Gasteiger charge is 2.21. The van der Waals surface area contributed by atoms with E-state index in [1.807, 2.05) is 0 Å². The second kappa shape index (κ2) is 8.39. The number of esters is 1. The molecule has 0 spiro atoms. The van der Waals surface area contributed by atoms with Crippen molar-refractivity contribution in [1.82, 2.24) is 4.57 Å². The molecule has 1 fully saturated rings. The van der Waals surface area contributed by atoms with Gasteiger partial charge in [0.15, 0.2) is 0 Å². The van der Waals surface area contributed by atoms with Crippen LogP contribution < -0.4 is 10.9 Å². The number of hydrogen-bond acceptors (Lipinski definition) is 5. The zero-order valence-electron chi connectivity index (χ0n) is 16.3. The molecular formula is C21H24N2O5. The van der Waals surface area contributed by atoms with Crippen LogP contribution >= 0.6 is 0 Å². The van der Waals surface area contributed by atoms with Crippen LogP contribution in [0.4, 0.5) is 5.69 Å². The number of pyridine rings is 1. The number of anilines is 1. The summed E-state index contributed by atoms with van der Waals surface area (Å²) in [5, 5.41) is 2.78. The molecule has 1 atom stereocenters. The molecule has 1 N–H and O–H groups in total. The van der Waals surface area contributed by atoms with Crippen molar-refractivity contribution in [2.45, 2.75) is 39.3 Å². The van der Waals surface area contributed by atoms with Crippen LogP contribution in [-0.2, 0) is 16.0 Å². The van der Waals surface area contributed by atoms with Gasteiger partial charge >= 0.3 is 5.97 Å². The molecule has 2 heterocycles. The number of aromatic nitrogens is 1. The average molecular weight is 384 g/mol. The van der Waals surface area contributed by atoms with Gasteiger partial charge in [-0.1, -0.05) is 0 Å². The van der Waals surface area contributed by atoms with Crippen LogP contribution in [0.5, 0.6) is 0 Å². The van der Waals surface area contributed by atoms with E-state index in [9.17, 15) is 14.4 Å². The fourth-order valence-electron chi connectivity index (χ4n) is 3.33. The van der Waals surface area contributed by atoms with E-state index in [1.165, 1.54) is 11.7 Å². The minimum absolute atomic E-state index is 0.00410. The fraction of sp³-hybridized carbons (Fsp3) is 0.381. The number of aryl methyl sites for hydroxylation is 2. The Morgan fingerprint density at radius 1 is 1.25 bits per heavy atom. The molecule has 0 radical (unpaired) electrons. The molecular weight excluding hydrogens is 360 g/mol. The Hall–Kier alpha value is -2.93.